The molecule has 1 aromatic carbocycles. The number of rotatable bonds is 4. The first kappa shape index (κ1) is 15.2. The maximum atomic E-state index is 12.4. The molecular weight excluding hydrogens is 283 g/mol. The Kier molecular flexibility index (Phi) is 4.13. The van der Waals surface area contributed by atoms with E-state index in [1.807, 2.05) is 0 Å². The van der Waals surface area contributed by atoms with Crippen LogP contribution < -0.4 is 5.73 Å². The number of Topliss-reactive ketones (excluding diaryl/α,β-unsaturated/α-hetero) is 1. The highest BCUT2D eigenvalue weighted by Gasteiger charge is 2.30. The summed E-state index contributed by atoms with van der Waals surface area (Å²) in [6.07, 6.45) is -1.27. The summed E-state index contributed by atoms with van der Waals surface area (Å²) >= 11 is 0. The van der Waals surface area contributed by atoms with Crippen LogP contribution in [0.3, 0.4) is 0 Å². The van der Waals surface area contributed by atoms with Crippen LogP contribution in [0.5, 0.6) is 0 Å². The molecule has 4 nitrogen and oxygen atoms in total. The molecule has 0 aliphatic heterocycles. The van der Waals surface area contributed by atoms with Gasteiger partial charge in [-0.2, -0.15) is 18.3 Å². The summed E-state index contributed by atoms with van der Waals surface area (Å²) in [6, 6.07) is 3.66. The molecule has 1 atom stereocenters. The highest BCUT2D eigenvalue weighted by molar-refractivity contribution is 5.86. The van der Waals surface area contributed by atoms with E-state index in [0.717, 1.165) is 12.1 Å². The number of aromatic nitrogens is 2. The van der Waals surface area contributed by atoms with Crippen LogP contribution in [0, 0.1) is 0 Å². The van der Waals surface area contributed by atoms with Crippen LogP contribution in [-0.4, -0.2) is 15.6 Å². The molecule has 0 saturated heterocycles. The van der Waals surface area contributed by atoms with E-state index in [0.29, 0.717) is 11.1 Å². The van der Waals surface area contributed by atoms with Gasteiger partial charge in [-0.3, -0.25) is 9.48 Å². The lowest BCUT2D eigenvalue weighted by Gasteiger charge is -2.10. The van der Waals surface area contributed by atoms with E-state index in [4.69, 9.17) is 5.73 Å². The first-order chi connectivity index (χ1) is 9.77. The van der Waals surface area contributed by atoms with E-state index in [1.165, 1.54) is 23.0 Å². The van der Waals surface area contributed by atoms with Gasteiger partial charge in [-0.25, -0.2) is 0 Å². The number of ketones is 1. The minimum Gasteiger partial charge on any atom is -0.318 e. The second-order valence-corrected chi connectivity index (χ2v) is 4.76. The molecule has 0 radical (unpaired) electrons. The zero-order valence-corrected chi connectivity index (χ0v) is 11.3. The van der Waals surface area contributed by atoms with Crippen LogP contribution in [0.4, 0.5) is 13.2 Å². The van der Waals surface area contributed by atoms with Crippen molar-refractivity contribution in [3.8, 4) is 0 Å². The number of carbonyl (C=O) groups excluding carboxylic acids is 1. The first-order valence-electron chi connectivity index (χ1n) is 6.20. The van der Waals surface area contributed by atoms with E-state index in [1.54, 1.807) is 13.2 Å². The van der Waals surface area contributed by atoms with Crippen molar-refractivity contribution in [1.29, 1.82) is 0 Å². The molecule has 21 heavy (non-hydrogen) atoms. The van der Waals surface area contributed by atoms with Gasteiger partial charge in [-0.05, 0) is 17.7 Å². The molecule has 2 rings (SSSR count). The molecule has 2 N–H and O–H groups in total. The maximum Gasteiger partial charge on any atom is 0.416 e. The summed E-state index contributed by atoms with van der Waals surface area (Å²) in [7, 11) is 1.70. The van der Waals surface area contributed by atoms with Gasteiger partial charge in [-0.15, -0.1) is 0 Å². The number of nitrogens with zero attached hydrogens (tertiary/aromatic N) is 2. The molecule has 0 aliphatic carbocycles. The average Bonchev–Trinajstić information content (AvgIpc) is 2.84. The SMILES string of the molecule is Cn1cc(C(N)C(=O)Cc2ccc(C(F)(F)F)cc2)cn1. The van der Waals surface area contributed by atoms with E-state index in [-0.39, 0.29) is 12.2 Å². The Hall–Kier alpha value is -2.15. The van der Waals surface area contributed by atoms with Crippen LogP contribution in [-0.2, 0) is 24.4 Å². The number of carbonyl (C=O) groups is 1. The van der Waals surface area contributed by atoms with Crippen molar-refractivity contribution in [3.05, 3.63) is 53.3 Å². The minimum absolute atomic E-state index is 0.0196. The first-order valence-corrected chi connectivity index (χ1v) is 6.20. The lowest BCUT2D eigenvalue weighted by atomic mass is 10.00. The summed E-state index contributed by atoms with van der Waals surface area (Å²) < 4.78 is 38.8. The van der Waals surface area contributed by atoms with Gasteiger partial charge in [0.05, 0.1) is 17.8 Å². The third-order valence-electron chi connectivity index (χ3n) is 3.09. The summed E-state index contributed by atoms with van der Waals surface area (Å²) in [5, 5.41) is 3.93. The summed E-state index contributed by atoms with van der Waals surface area (Å²) in [4.78, 5) is 12.0. The molecule has 0 aliphatic rings. The molecule has 0 spiro atoms. The fraction of sp³-hybridized carbons (Fsp3) is 0.286. The molecule has 2 aromatic rings. The Morgan fingerprint density at radius 3 is 2.43 bits per heavy atom. The monoisotopic (exact) mass is 297 g/mol. The molecule has 0 amide bonds. The molecule has 1 unspecified atom stereocenters. The largest absolute Gasteiger partial charge is 0.416 e. The van der Waals surface area contributed by atoms with Crippen LogP contribution in [0.2, 0.25) is 0 Å². The number of benzene rings is 1. The number of hydrogen-bond acceptors (Lipinski definition) is 3. The Morgan fingerprint density at radius 1 is 1.33 bits per heavy atom. The molecule has 112 valence electrons. The predicted molar refractivity (Wildman–Crippen MR) is 70.3 cm³/mol. The minimum atomic E-state index is -4.38. The van der Waals surface area contributed by atoms with Gasteiger partial charge >= 0.3 is 6.18 Å². The lowest BCUT2D eigenvalue weighted by molar-refractivity contribution is -0.137. The molecular formula is C14H14F3N3O. The van der Waals surface area contributed by atoms with Crippen molar-refractivity contribution in [1.82, 2.24) is 9.78 Å². The van der Waals surface area contributed by atoms with Gasteiger partial charge in [0.2, 0.25) is 0 Å². The second-order valence-electron chi connectivity index (χ2n) is 4.76. The zero-order valence-electron chi connectivity index (χ0n) is 11.3. The van der Waals surface area contributed by atoms with Gasteiger partial charge in [0.15, 0.2) is 5.78 Å². The molecule has 0 bridgehead atoms. The summed E-state index contributed by atoms with van der Waals surface area (Å²) in [5.74, 6) is -0.275. The molecule has 0 saturated carbocycles. The summed E-state index contributed by atoms with van der Waals surface area (Å²) in [5.41, 5.74) is 6.15. The number of aryl methyl sites for hydroxylation is 1. The quantitative estimate of drug-likeness (QED) is 0.941. The molecule has 1 aromatic heterocycles. The fourth-order valence-corrected chi connectivity index (χ4v) is 1.91. The second kappa shape index (κ2) is 5.69. The van der Waals surface area contributed by atoms with Crippen molar-refractivity contribution >= 4 is 5.78 Å². The number of hydrogen-bond donors (Lipinski definition) is 1. The lowest BCUT2D eigenvalue weighted by Crippen LogP contribution is -2.22. The molecule has 7 heteroatoms. The third kappa shape index (κ3) is 3.69. The van der Waals surface area contributed by atoms with E-state index < -0.39 is 17.8 Å². The van der Waals surface area contributed by atoms with Crippen molar-refractivity contribution in [3.63, 3.8) is 0 Å². The van der Waals surface area contributed by atoms with Gasteiger partial charge in [0, 0.05) is 25.2 Å². The fourth-order valence-electron chi connectivity index (χ4n) is 1.91. The van der Waals surface area contributed by atoms with Crippen molar-refractivity contribution in [2.75, 3.05) is 0 Å². The highest BCUT2D eigenvalue weighted by Crippen LogP contribution is 2.29. The standard InChI is InChI=1S/C14H14F3N3O/c1-20-8-10(7-19-20)13(18)12(21)6-9-2-4-11(5-3-9)14(15,16)17/h2-5,7-8,13H,6,18H2,1H3. The van der Waals surface area contributed by atoms with Gasteiger partial charge < -0.3 is 5.73 Å². The zero-order chi connectivity index (χ0) is 15.6. The van der Waals surface area contributed by atoms with E-state index in [9.17, 15) is 18.0 Å². The summed E-state index contributed by atoms with van der Waals surface area (Å²) in [6.45, 7) is 0. The van der Waals surface area contributed by atoms with Crippen LogP contribution in [0.15, 0.2) is 36.7 Å². The van der Waals surface area contributed by atoms with Crippen LogP contribution in [0.1, 0.15) is 22.7 Å². The number of halogens is 3. The Balaban J connectivity index is 2.06. The van der Waals surface area contributed by atoms with Gasteiger partial charge in [0.1, 0.15) is 0 Å². The number of alkyl halides is 3. The predicted octanol–water partition coefficient (Wildman–Crippen LogP) is 2.25. The van der Waals surface area contributed by atoms with Gasteiger partial charge in [-0.1, -0.05) is 12.1 Å². The van der Waals surface area contributed by atoms with Crippen LogP contribution >= 0.6 is 0 Å². The van der Waals surface area contributed by atoms with Crippen molar-refractivity contribution in [2.45, 2.75) is 18.6 Å². The maximum absolute atomic E-state index is 12.4. The molecule has 0 fully saturated rings. The Morgan fingerprint density at radius 2 is 1.95 bits per heavy atom. The topological polar surface area (TPSA) is 60.9 Å². The Bertz CT molecular complexity index is 632. The molecule has 1 heterocycles. The average molecular weight is 297 g/mol. The van der Waals surface area contributed by atoms with E-state index in [2.05, 4.69) is 5.10 Å². The van der Waals surface area contributed by atoms with Gasteiger partial charge in [0.25, 0.3) is 0 Å². The third-order valence-corrected chi connectivity index (χ3v) is 3.09. The highest BCUT2D eigenvalue weighted by atomic mass is 19.4. The normalized spacial score (nSPS) is 13.2. The van der Waals surface area contributed by atoms with Crippen LogP contribution in [0.25, 0.3) is 0 Å². The smallest absolute Gasteiger partial charge is 0.318 e. The Labute approximate surface area is 119 Å². The number of nitrogens with two attached hydrogens (primary N) is 1. The van der Waals surface area contributed by atoms with Crippen molar-refractivity contribution in [2.24, 2.45) is 12.8 Å². The van der Waals surface area contributed by atoms with E-state index >= 15 is 0 Å². The van der Waals surface area contributed by atoms with Crippen molar-refractivity contribution < 1.29 is 18.0 Å².